The van der Waals surface area contributed by atoms with Crippen molar-refractivity contribution in [1.29, 1.82) is 0 Å². The van der Waals surface area contributed by atoms with Crippen LogP contribution in [0.5, 0.6) is 5.88 Å². The number of H-pyrrole nitrogens is 2. The molecule has 0 aliphatic carbocycles. The van der Waals surface area contributed by atoms with E-state index in [1.54, 1.807) is 21.6 Å². The summed E-state index contributed by atoms with van der Waals surface area (Å²) in [5, 5.41) is 15.6. The molecule has 5 heterocycles. The largest absolute Gasteiger partial charge is 0.473 e. The Balaban J connectivity index is 0.000000423. The Labute approximate surface area is 242 Å². The molecule has 11 nitrogen and oxygen atoms in total. The predicted molar refractivity (Wildman–Crippen MR) is 160 cm³/mol. The number of ether oxygens (including phenoxy) is 1. The fourth-order valence-corrected chi connectivity index (χ4v) is 5.92. The van der Waals surface area contributed by atoms with Crippen molar-refractivity contribution in [3.63, 3.8) is 0 Å². The summed E-state index contributed by atoms with van der Waals surface area (Å²) in [5.41, 5.74) is 4.40. The number of fused-ring (bicyclic) bond motifs is 4. The second-order valence-electron chi connectivity index (χ2n) is 10.4. The molecule has 41 heavy (non-hydrogen) atoms. The maximum Gasteiger partial charge on any atom is 0.271 e. The van der Waals surface area contributed by atoms with Crippen LogP contribution in [0.4, 0.5) is 4.53 Å². The minimum atomic E-state index is -0.255. The lowest BCUT2D eigenvalue weighted by atomic mass is 10.1. The molecule has 0 radical (unpaired) electrons. The number of benzene rings is 1. The van der Waals surface area contributed by atoms with Crippen LogP contribution in [0.3, 0.4) is 0 Å². The zero-order valence-electron chi connectivity index (χ0n) is 23.9. The molecular formula is C28H37FN8O3S. The van der Waals surface area contributed by atoms with Crippen molar-refractivity contribution in [3.8, 4) is 17.0 Å². The van der Waals surface area contributed by atoms with Crippen molar-refractivity contribution in [1.82, 2.24) is 39.0 Å². The van der Waals surface area contributed by atoms with E-state index >= 15 is 0 Å². The lowest BCUT2D eigenvalue weighted by molar-refractivity contribution is -0.135. The van der Waals surface area contributed by atoms with Crippen molar-refractivity contribution in [2.75, 3.05) is 39.5 Å². The molecule has 2 bridgehead atoms. The number of aryl methyl sites for hydroxylation is 1. The zero-order valence-corrected chi connectivity index (χ0v) is 24.7. The smallest absolute Gasteiger partial charge is 0.271 e. The van der Waals surface area contributed by atoms with Gasteiger partial charge in [-0.25, -0.2) is 4.68 Å². The van der Waals surface area contributed by atoms with Crippen molar-refractivity contribution < 1.29 is 14.2 Å². The summed E-state index contributed by atoms with van der Waals surface area (Å²) in [6.07, 6.45) is 10.2. The molecule has 0 spiro atoms. The molecular weight excluding hydrogens is 547 g/mol. The molecule has 4 aromatic rings. The molecule has 6 rings (SSSR count). The Hall–Kier alpha value is -3.39. The van der Waals surface area contributed by atoms with Crippen LogP contribution in [0.25, 0.3) is 34.2 Å². The quantitative estimate of drug-likeness (QED) is 0.345. The Bertz CT molecular complexity index is 1550. The summed E-state index contributed by atoms with van der Waals surface area (Å²) >= 11 is 1.87. The van der Waals surface area contributed by atoms with E-state index in [1.165, 1.54) is 25.9 Å². The monoisotopic (exact) mass is 584 g/mol. The predicted octanol–water partition coefficient (Wildman–Crippen LogP) is 4.10. The van der Waals surface area contributed by atoms with Gasteiger partial charge in [0.15, 0.2) is 0 Å². The fourth-order valence-electron chi connectivity index (χ4n) is 5.30. The van der Waals surface area contributed by atoms with Gasteiger partial charge in [-0.1, -0.05) is 18.0 Å². The van der Waals surface area contributed by atoms with Gasteiger partial charge >= 0.3 is 0 Å². The number of halogens is 1. The first-order chi connectivity index (χ1) is 19.9. The molecule has 1 aromatic carbocycles. The van der Waals surface area contributed by atoms with Gasteiger partial charge in [0, 0.05) is 38.6 Å². The fraction of sp³-hybridized carbons (Fsp3) is 0.464. The van der Waals surface area contributed by atoms with Gasteiger partial charge in [0.25, 0.3) is 5.56 Å². The zero-order chi connectivity index (χ0) is 28.9. The number of nitrogens with one attached hydrogen (secondary N) is 2. The van der Waals surface area contributed by atoms with Gasteiger partial charge in [-0.2, -0.15) is 15.1 Å². The van der Waals surface area contributed by atoms with Crippen molar-refractivity contribution in [2.24, 2.45) is 7.05 Å². The number of likely N-dealkylation sites (N-methyl/N-ethyl adjacent to an activating group) is 1. The molecule has 2 aliphatic rings. The molecule has 1 fully saturated rings. The van der Waals surface area contributed by atoms with E-state index in [4.69, 9.17) is 4.74 Å². The van der Waals surface area contributed by atoms with Gasteiger partial charge in [0.1, 0.15) is 12.7 Å². The number of rotatable bonds is 4. The molecule has 1 saturated heterocycles. The maximum absolute atomic E-state index is 12.8. The summed E-state index contributed by atoms with van der Waals surface area (Å²) in [7, 11) is 3.80. The Morgan fingerprint density at radius 1 is 1.22 bits per heavy atom. The van der Waals surface area contributed by atoms with Crippen LogP contribution in [0.2, 0.25) is 0 Å². The number of nitrogens with zero attached hydrogens (tertiary/aromatic N) is 6. The highest BCUT2D eigenvalue weighted by Crippen LogP contribution is 2.33. The van der Waals surface area contributed by atoms with Gasteiger partial charge in [0.05, 0.1) is 40.8 Å². The second-order valence-corrected chi connectivity index (χ2v) is 11.3. The molecule has 1 unspecified atom stereocenters. The first-order valence-corrected chi connectivity index (χ1v) is 14.9. The van der Waals surface area contributed by atoms with Crippen LogP contribution in [-0.4, -0.2) is 84.6 Å². The number of aromatic amines is 2. The van der Waals surface area contributed by atoms with E-state index in [0.717, 1.165) is 33.4 Å². The summed E-state index contributed by atoms with van der Waals surface area (Å²) in [5.74, 6) is 0.676. The van der Waals surface area contributed by atoms with E-state index in [9.17, 15) is 9.32 Å². The second kappa shape index (κ2) is 13.1. The number of hydrogen-bond acceptors (Lipinski definition) is 8. The van der Waals surface area contributed by atoms with E-state index in [-0.39, 0.29) is 24.8 Å². The molecule has 2 aliphatic heterocycles. The van der Waals surface area contributed by atoms with Crippen LogP contribution in [0.1, 0.15) is 36.7 Å². The van der Waals surface area contributed by atoms with Crippen molar-refractivity contribution in [2.45, 2.75) is 39.0 Å². The third-order valence-corrected chi connectivity index (χ3v) is 8.21. The van der Waals surface area contributed by atoms with Crippen molar-refractivity contribution in [3.05, 3.63) is 51.7 Å². The Morgan fingerprint density at radius 2 is 2.02 bits per heavy atom. The first-order valence-electron chi connectivity index (χ1n) is 13.8. The molecule has 1 atom stereocenters. The lowest BCUT2D eigenvalue weighted by Crippen LogP contribution is -2.32. The Kier molecular flexibility index (Phi) is 9.28. The molecule has 2 N–H and O–H groups in total. The van der Waals surface area contributed by atoms with Crippen LogP contribution >= 0.6 is 11.9 Å². The Morgan fingerprint density at radius 3 is 2.76 bits per heavy atom. The van der Waals surface area contributed by atoms with E-state index < -0.39 is 0 Å². The normalized spacial score (nSPS) is 18.7. The summed E-state index contributed by atoms with van der Waals surface area (Å²) in [4.78, 5) is 18.6. The highest BCUT2D eigenvalue weighted by Gasteiger charge is 2.20. The van der Waals surface area contributed by atoms with E-state index in [1.807, 2.05) is 57.2 Å². The van der Waals surface area contributed by atoms with Crippen LogP contribution in [-0.2, 0) is 25.1 Å². The van der Waals surface area contributed by atoms with E-state index in [0.29, 0.717) is 24.5 Å². The van der Waals surface area contributed by atoms with Crippen LogP contribution in [0.15, 0.2) is 29.2 Å². The van der Waals surface area contributed by atoms with Crippen LogP contribution < -0.4 is 10.3 Å². The number of aromatic nitrogens is 6. The SMILES string of the molecule is CC1CN(C)Cc2c(c(=O)[nH]n2CCOF)/C=C/c2[nH]nc3ccc(cc23)-c2cnn(C)c2O1.CSN1CCCC1. The summed E-state index contributed by atoms with van der Waals surface area (Å²) in [6, 6.07) is 5.97. The topological polar surface area (TPSA) is 109 Å². The van der Waals surface area contributed by atoms with Gasteiger partial charge in [-0.15, -0.1) is 0 Å². The molecule has 220 valence electrons. The maximum atomic E-state index is 12.8. The molecule has 13 heteroatoms. The minimum absolute atomic E-state index is 0.162. The van der Waals surface area contributed by atoms with Gasteiger partial charge in [-0.3, -0.25) is 28.9 Å². The van der Waals surface area contributed by atoms with Gasteiger partial charge < -0.3 is 4.74 Å². The molecule has 0 saturated carbocycles. The van der Waals surface area contributed by atoms with Gasteiger partial charge in [-0.05, 0) is 67.4 Å². The standard InChI is InChI=1S/C23H26FN7O3.C5H11NS/c1-14-12-29(2)13-21-16(22(32)28-31(21)8-9-33-24)5-7-20-17-10-15(4-6-19(17)26-27-20)18-11-25-30(3)23(18)34-14;1-7-6-4-2-3-5-6/h4-7,10-11,14H,8-9,12-13H2,1-3H3,(H,26,27)(H,28,32);2-5H2,1H3/b7-5+;. The average molecular weight is 585 g/mol. The van der Waals surface area contributed by atoms with Gasteiger partial charge in [0.2, 0.25) is 5.88 Å². The van der Waals surface area contributed by atoms with E-state index in [2.05, 4.69) is 40.8 Å². The average Bonchev–Trinajstić information content (AvgIpc) is 3.75. The van der Waals surface area contributed by atoms with Crippen molar-refractivity contribution >= 4 is 35.0 Å². The first kappa shape index (κ1) is 29.1. The minimum Gasteiger partial charge on any atom is -0.473 e. The molecule has 0 amide bonds. The third-order valence-electron chi connectivity index (χ3n) is 7.33. The summed E-state index contributed by atoms with van der Waals surface area (Å²) in [6.45, 7) is 5.66. The van der Waals surface area contributed by atoms with Crippen LogP contribution in [0, 0.1) is 0 Å². The number of hydrogen-bond donors (Lipinski definition) is 2. The summed E-state index contributed by atoms with van der Waals surface area (Å²) < 4.78 is 24.5. The lowest BCUT2D eigenvalue weighted by Gasteiger charge is -2.23. The highest BCUT2D eigenvalue weighted by atomic mass is 32.2. The third kappa shape index (κ3) is 6.58. The highest BCUT2D eigenvalue weighted by molar-refractivity contribution is 7.96. The molecule has 3 aromatic heterocycles.